The Bertz CT molecular complexity index is 3060. The Morgan fingerprint density at radius 2 is 1.21 bits per heavy atom. The van der Waals surface area contributed by atoms with Gasteiger partial charge in [-0.1, -0.05) is 0 Å². The number of nitrogen functional groups attached to an aromatic ring is 2. The second-order valence-corrected chi connectivity index (χ2v) is 16.7. The Balaban J connectivity index is 0.000000287. The number of ether oxygens (including phenoxy) is 2. The average Bonchev–Trinajstić information content (AvgIpc) is 3.43. The summed E-state index contributed by atoms with van der Waals surface area (Å²) in [4.78, 5) is 159. The molecule has 4 atom stereocenters. The average molecular weight is 1090 g/mol. The van der Waals surface area contributed by atoms with Crippen LogP contribution in [0.15, 0.2) is 58.1 Å². The molecule has 4 unspecified atom stereocenters. The summed E-state index contributed by atoms with van der Waals surface area (Å²) in [5.41, 5.74) is 10.7. The number of carboxylic acids is 4. The summed E-state index contributed by atoms with van der Waals surface area (Å²) in [5.74, 6) is -10.9. The first kappa shape index (κ1) is 58.6. The molecule has 4 heterocycles. The summed E-state index contributed by atoms with van der Waals surface area (Å²) in [5, 5.41) is 52.5. The highest BCUT2D eigenvalue weighted by atomic mass is 16.5. The first-order valence-electron chi connectivity index (χ1n) is 23.5. The molecule has 0 saturated heterocycles. The minimum atomic E-state index is -1.42. The van der Waals surface area contributed by atoms with Crippen molar-refractivity contribution in [3.8, 4) is 0 Å². The van der Waals surface area contributed by atoms with Crippen LogP contribution in [0, 0.1) is 0 Å². The Kier molecular flexibility index (Phi) is 20.1. The molecule has 0 aliphatic carbocycles. The maximum absolute atomic E-state index is 12.9. The Morgan fingerprint density at radius 1 is 0.705 bits per heavy atom. The van der Waals surface area contributed by atoms with Gasteiger partial charge >= 0.3 is 47.6 Å². The fraction of sp³-hybridized carbons (Fsp3) is 0.348. The van der Waals surface area contributed by atoms with Gasteiger partial charge in [0.1, 0.15) is 17.8 Å². The number of nitrogens with one attached hydrogen (secondary N) is 8. The van der Waals surface area contributed by atoms with Gasteiger partial charge in [0.15, 0.2) is 17.3 Å². The van der Waals surface area contributed by atoms with Gasteiger partial charge in [-0.15, -0.1) is 0 Å². The molecule has 78 heavy (non-hydrogen) atoms. The largest absolute Gasteiger partial charge is 0.481 e. The van der Waals surface area contributed by atoms with Gasteiger partial charge in [-0.25, -0.2) is 19.2 Å². The molecule has 4 amide bonds. The van der Waals surface area contributed by atoms with Crippen molar-refractivity contribution in [3.63, 3.8) is 0 Å². The van der Waals surface area contributed by atoms with Crippen molar-refractivity contribution in [3.05, 3.63) is 80.4 Å². The number of aromatic amines is 2. The van der Waals surface area contributed by atoms with E-state index in [0.29, 0.717) is 5.69 Å². The SMILES string of the molecule is CCOC(=O)C(=O)N(CC1CNc2nc(N)[nH]c(=O)c2N1)c1ccc(C(=O)NC(CCC(=O)O)C(=O)O)cc1.CCOC(=O)C(=O)N1c2c(nc(N)[nH]c2=O)NCC1CNc1ccc(C(=O)NC(CCC(=O)O)C(=O)O)cc1. The third kappa shape index (κ3) is 15.6. The smallest absolute Gasteiger partial charge is 0.397 e. The van der Waals surface area contributed by atoms with Crippen molar-refractivity contribution in [2.45, 2.75) is 63.7 Å². The van der Waals surface area contributed by atoms with Crippen molar-refractivity contribution < 1.29 is 77.8 Å². The number of esters is 2. The molecule has 4 aromatic rings. The normalized spacial score (nSPS) is 14.7. The topological polar surface area (TPSA) is 492 Å². The molecule has 16 N–H and O–H groups in total. The molecule has 416 valence electrons. The van der Waals surface area contributed by atoms with Gasteiger partial charge in [0.05, 0.1) is 25.3 Å². The molecule has 2 aromatic heterocycles. The maximum atomic E-state index is 12.9. The summed E-state index contributed by atoms with van der Waals surface area (Å²) >= 11 is 0. The molecule has 0 fully saturated rings. The van der Waals surface area contributed by atoms with Crippen LogP contribution in [0.5, 0.6) is 0 Å². The minimum absolute atomic E-state index is 0.0310. The van der Waals surface area contributed by atoms with E-state index < -0.39 is 108 Å². The Morgan fingerprint density at radius 3 is 1.73 bits per heavy atom. The number of anilines is 8. The van der Waals surface area contributed by atoms with E-state index in [4.69, 9.17) is 31.2 Å². The van der Waals surface area contributed by atoms with Crippen molar-refractivity contribution >= 4 is 106 Å². The molecule has 32 heteroatoms. The van der Waals surface area contributed by atoms with Crippen LogP contribution in [0.25, 0.3) is 0 Å². The van der Waals surface area contributed by atoms with Crippen LogP contribution >= 0.6 is 0 Å². The molecule has 0 saturated carbocycles. The number of nitrogens with zero attached hydrogens (tertiary/aromatic N) is 4. The maximum Gasteiger partial charge on any atom is 0.397 e. The van der Waals surface area contributed by atoms with Gasteiger partial charge in [0, 0.05) is 61.5 Å². The molecule has 0 bridgehead atoms. The van der Waals surface area contributed by atoms with Crippen molar-refractivity contribution in [2.75, 3.05) is 81.9 Å². The Labute approximate surface area is 439 Å². The predicted molar refractivity (Wildman–Crippen MR) is 273 cm³/mol. The molecular formula is C46H54N14O18. The molecule has 32 nitrogen and oxygen atoms in total. The summed E-state index contributed by atoms with van der Waals surface area (Å²) in [6.07, 6.45) is -1.47. The van der Waals surface area contributed by atoms with E-state index >= 15 is 0 Å². The number of hydrogen-bond donors (Lipinski definition) is 14. The highest BCUT2D eigenvalue weighted by Gasteiger charge is 2.38. The summed E-state index contributed by atoms with van der Waals surface area (Å²) in [6, 6.07) is 7.16. The number of aromatic nitrogens is 4. The molecule has 2 aliphatic heterocycles. The van der Waals surface area contributed by atoms with Crippen LogP contribution in [0.1, 0.15) is 60.2 Å². The lowest BCUT2D eigenvalue weighted by atomic mass is 10.1. The van der Waals surface area contributed by atoms with E-state index in [1.54, 1.807) is 0 Å². The number of carbonyl (C=O) groups excluding carboxylic acids is 6. The van der Waals surface area contributed by atoms with Gasteiger partial charge in [-0.3, -0.25) is 53.2 Å². The number of carboxylic acid groups (broad SMARTS) is 4. The quantitative estimate of drug-likeness (QED) is 0.0350. The number of rotatable bonds is 20. The number of aliphatic carboxylic acids is 4. The van der Waals surface area contributed by atoms with Gasteiger partial charge in [-0.05, 0) is 75.2 Å². The zero-order chi connectivity index (χ0) is 57.4. The molecular weight excluding hydrogens is 1040 g/mol. The number of carbonyl (C=O) groups is 10. The van der Waals surface area contributed by atoms with E-state index in [0.717, 1.165) is 9.80 Å². The lowest BCUT2D eigenvalue weighted by molar-refractivity contribution is -0.153. The van der Waals surface area contributed by atoms with Gasteiger partial charge in [0.25, 0.3) is 22.9 Å². The van der Waals surface area contributed by atoms with Gasteiger partial charge in [0.2, 0.25) is 11.9 Å². The van der Waals surface area contributed by atoms with E-state index in [-0.39, 0.29) is 104 Å². The lowest BCUT2D eigenvalue weighted by Crippen LogP contribution is -2.55. The van der Waals surface area contributed by atoms with Crippen molar-refractivity contribution in [2.24, 2.45) is 0 Å². The van der Waals surface area contributed by atoms with Crippen LogP contribution < -0.4 is 64.3 Å². The standard InChI is InChI=1S/2C23H27N7O9/c1-2-39-22(38)20(35)30(10-12-9-25-17-16(26-12)19(34)29-23(24)28-17)13-5-3-11(4-6-13)18(33)27-14(21(36)37)7-8-15(31)32;1-2-39-22(38)20(35)30-13(10-26-17-16(30)19(34)29-23(24)28-17)9-25-12-5-3-11(4-6-12)18(33)27-14(21(36)37)7-8-15(31)32/h3-6,12,14,26H,2,7-10H2,1H3,(H,27,33)(H,31,32)(H,36,37)(H4,24,25,28,29,34);3-6,13-14,25H,2,7-10H2,1H3,(H,27,33)(H,31,32)(H,36,37)(H4,24,26,28,29,34). The fourth-order valence-corrected chi connectivity index (χ4v) is 7.51. The number of fused-ring (bicyclic) bond motifs is 2. The fourth-order valence-electron chi connectivity index (χ4n) is 7.51. The molecule has 0 spiro atoms. The zero-order valence-corrected chi connectivity index (χ0v) is 41.4. The van der Waals surface area contributed by atoms with Crippen LogP contribution in [0.3, 0.4) is 0 Å². The van der Waals surface area contributed by atoms with E-state index in [9.17, 15) is 67.7 Å². The number of nitrogens with two attached hydrogens (primary N) is 2. The monoisotopic (exact) mass is 1090 g/mol. The summed E-state index contributed by atoms with van der Waals surface area (Å²) < 4.78 is 9.66. The minimum Gasteiger partial charge on any atom is -0.481 e. The summed E-state index contributed by atoms with van der Waals surface area (Å²) in [7, 11) is 0. The van der Waals surface area contributed by atoms with Gasteiger partial charge < -0.3 is 78.2 Å². The highest BCUT2D eigenvalue weighted by Crippen LogP contribution is 2.28. The van der Waals surface area contributed by atoms with Crippen LogP contribution in [-0.4, -0.2) is 163 Å². The first-order chi connectivity index (χ1) is 37.0. The number of amides is 4. The van der Waals surface area contributed by atoms with Crippen molar-refractivity contribution in [1.82, 2.24) is 30.6 Å². The lowest BCUT2D eigenvalue weighted by Gasteiger charge is -2.35. The number of benzene rings is 2. The van der Waals surface area contributed by atoms with E-state index in [1.807, 2.05) is 0 Å². The third-order valence-electron chi connectivity index (χ3n) is 11.2. The van der Waals surface area contributed by atoms with Gasteiger partial charge in [-0.2, -0.15) is 9.97 Å². The second-order valence-electron chi connectivity index (χ2n) is 16.7. The molecule has 2 aromatic carbocycles. The number of hydrogen-bond acceptors (Lipinski definition) is 22. The zero-order valence-electron chi connectivity index (χ0n) is 41.4. The highest BCUT2D eigenvalue weighted by molar-refractivity contribution is 6.39. The van der Waals surface area contributed by atoms with Crippen LogP contribution in [0.2, 0.25) is 0 Å². The molecule has 0 radical (unpaired) electrons. The summed E-state index contributed by atoms with van der Waals surface area (Å²) in [6.45, 7) is 3.26. The van der Waals surface area contributed by atoms with Crippen molar-refractivity contribution in [1.29, 1.82) is 0 Å². The third-order valence-corrected chi connectivity index (χ3v) is 11.2. The molecule has 2 aliphatic rings. The van der Waals surface area contributed by atoms with E-state index in [1.165, 1.54) is 62.4 Å². The Hall–Kier alpha value is -10.3. The first-order valence-corrected chi connectivity index (χ1v) is 23.5. The second kappa shape index (κ2) is 26.8. The molecule has 6 rings (SSSR count). The predicted octanol–water partition coefficient (Wildman–Crippen LogP) is -1.60. The van der Waals surface area contributed by atoms with Crippen LogP contribution in [0.4, 0.5) is 46.3 Å². The number of H-pyrrole nitrogens is 2. The van der Waals surface area contributed by atoms with Crippen LogP contribution in [-0.2, 0) is 47.8 Å². The van der Waals surface area contributed by atoms with E-state index in [2.05, 4.69) is 51.8 Å².